The van der Waals surface area contributed by atoms with E-state index in [4.69, 9.17) is 0 Å². The molecule has 0 aromatic heterocycles. The molecule has 1 atom stereocenters. The number of aliphatic carboxylic acids is 1. The van der Waals surface area contributed by atoms with Crippen molar-refractivity contribution in [2.24, 2.45) is 0 Å². The zero-order chi connectivity index (χ0) is 13.6. The number of benzene rings is 1. The van der Waals surface area contributed by atoms with Gasteiger partial charge in [0.15, 0.2) is 0 Å². The van der Waals surface area contributed by atoms with Gasteiger partial charge in [-0.05, 0) is 24.8 Å². The van der Waals surface area contributed by atoms with Crippen LogP contribution in [-0.2, 0) is 4.79 Å². The number of hydrogen-bond acceptors (Lipinski definition) is 2. The third-order valence-electron chi connectivity index (χ3n) is 3.86. The quantitative estimate of drug-likeness (QED) is 0.779. The minimum Gasteiger partial charge on any atom is -0.480 e. The largest absolute Gasteiger partial charge is 0.480 e. The molecule has 0 radical (unpaired) electrons. The Morgan fingerprint density at radius 1 is 1.17 bits per heavy atom. The maximum atomic E-state index is 11.5. The number of carboxylic acid groups (broad SMARTS) is 1. The van der Waals surface area contributed by atoms with Crippen LogP contribution in [0.25, 0.3) is 0 Å². The maximum absolute atomic E-state index is 11.5. The molecule has 0 bridgehead atoms. The molecule has 0 aliphatic carbocycles. The Morgan fingerprint density at radius 2 is 1.67 bits per heavy atom. The second-order valence-electron chi connectivity index (χ2n) is 4.67. The van der Waals surface area contributed by atoms with E-state index in [1.54, 1.807) is 0 Å². The van der Waals surface area contributed by atoms with E-state index in [-0.39, 0.29) is 5.54 Å². The Bertz CT molecular complexity index is 363. The highest BCUT2D eigenvalue weighted by atomic mass is 16.4. The molecule has 3 heteroatoms. The zero-order valence-electron chi connectivity index (χ0n) is 11.4. The lowest BCUT2D eigenvalue weighted by atomic mass is 9.88. The van der Waals surface area contributed by atoms with Crippen molar-refractivity contribution in [1.29, 1.82) is 0 Å². The lowest BCUT2D eigenvalue weighted by molar-refractivity contribution is -0.140. The third-order valence-corrected chi connectivity index (χ3v) is 3.86. The van der Waals surface area contributed by atoms with Crippen LogP contribution in [0.2, 0.25) is 0 Å². The first-order valence-corrected chi connectivity index (χ1v) is 6.64. The monoisotopic (exact) mass is 249 g/mol. The van der Waals surface area contributed by atoms with Gasteiger partial charge in [-0.2, -0.15) is 0 Å². The molecule has 0 saturated carbocycles. The molecule has 0 fully saturated rings. The second kappa shape index (κ2) is 6.55. The van der Waals surface area contributed by atoms with E-state index in [2.05, 4.69) is 26.1 Å². The summed E-state index contributed by atoms with van der Waals surface area (Å²) in [5.74, 6) is -0.819. The molecule has 0 aliphatic rings. The van der Waals surface area contributed by atoms with Crippen molar-refractivity contribution in [2.45, 2.75) is 51.6 Å². The molecule has 0 heterocycles. The number of nitrogens with one attached hydrogen (secondary N) is 1. The lowest BCUT2D eigenvalue weighted by Gasteiger charge is -2.35. The number of carbonyl (C=O) groups is 1. The van der Waals surface area contributed by atoms with Crippen LogP contribution in [0, 0.1) is 0 Å². The Morgan fingerprint density at radius 3 is 2.06 bits per heavy atom. The van der Waals surface area contributed by atoms with Gasteiger partial charge >= 0.3 is 5.97 Å². The molecular formula is C15H23NO2. The van der Waals surface area contributed by atoms with E-state index in [1.165, 1.54) is 0 Å². The fourth-order valence-corrected chi connectivity index (χ4v) is 2.30. The minimum atomic E-state index is -0.819. The maximum Gasteiger partial charge on any atom is 0.325 e. The van der Waals surface area contributed by atoms with Gasteiger partial charge in [-0.1, -0.05) is 51.1 Å². The van der Waals surface area contributed by atoms with E-state index in [1.807, 2.05) is 30.3 Å². The van der Waals surface area contributed by atoms with E-state index in [9.17, 15) is 9.90 Å². The molecule has 0 amide bonds. The Balaban J connectivity index is 2.97. The fourth-order valence-electron chi connectivity index (χ4n) is 2.30. The highest BCUT2D eigenvalue weighted by Crippen LogP contribution is 2.25. The summed E-state index contributed by atoms with van der Waals surface area (Å²) in [4.78, 5) is 11.5. The summed E-state index contributed by atoms with van der Waals surface area (Å²) in [6.07, 6.45) is 2.78. The summed E-state index contributed by atoms with van der Waals surface area (Å²) < 4.78 is 0. The molecule has 3 nitrogen and oxygen atoms in total. The van der Waals surface area contributed by atoms with Crippen LogP contribution in [0.3, 0.4) is 0 Å². The van der Waals surface area contributed by atoms with Gasteiger partial charge in [0, 0.05) is 5.54 Å². The van der Waals surface area contributed by atoms with Crippen LogP contribution < -0.4 is 5.32 Å². The molecule has 0 saturated heterocycles. The molecule has 1 aromatic carbocycles. The zero-order valence-corrected chi connectivity index (χ0v) is 11.4. The topological polar surface area (TPSA) is 49.3 Å². The van der Waals surface area contributed by atoms with E-state index in [0.717, 1.165) is 24.8 Å². The van der Waals surface area contributed by atoms with Crippen LogP contribution in [0.4, 0.5) is 0 Å². The van der Waals surface area contributed by atoms with Crippen LogP contribution in [0.15, 0.2) is 30.3 Å². The second-order valence-corrected chi connectivity index (χ2v) is 4.67. The summed E-state index contributed by atoms with van der Waals surface area (Å²) in [5.41, 5.74) is 0.712. The van der Waals surface area contributed by atoms with Crippen LogP contribution in [0.1, 0.15) is 51.6 Å². The van der Waals surface area contributed by atoms with Gasteiger partial charge in [-0.15, -0.1) is 0 Å². The summed E-state index contributed by atoms with van der Waals surface area (Å²) >= 11 is 0. The van der Waals surface area contributed by atoms with Crippen LogP contribution in [0.5, 0.6) is 0 Å². The van der Waals surface area contributed by atoms with Gasteiger partial charge < -0.3 is 5.11 Å². The van der Waals surface area contributed by atoms with Crippen molar-refractivity contribution < 1.29 is 9.90 Å². The first kappa shape index (κ1) is 14.7. The van der Waals surface area contributed by atoms with Gasteiger partial charge in [0.2, 0.25) is 0 Å². The smallest absolute Gasteiger partial charge is 0.325 e. The van der Waals surface area contributed by atoms with Gasteiger partial charge in [-0.3, -0.25) is 10.1 Å². The van der Waals surface area contributed by atoms with Gasteiger partial charge in [0.1, 0.15) is 6.04 Å². The Hall–Kier alpha value is -1.35. The van der Waals surface area contributed by atoms with Crippen molar-refractivity contribution >= 4 is 5.97 Å². The van der Waals surface area contributed by atoms with Crippen molar-refractivity contribution in [3.05, 3.63) is 35.9 Å². The highest BCUT2D eigenvalue weighted by molar-refractivity contribution is 5.75. The predicted octanol–water partition coefficient (Wildman–Crippen LogP) is 3.37. The first-order valence-electron chi connectivity index (χ1n) is 6.64. The normalized spacial score (nSPS) is 13.3. The molecular weight excluding hydrogens is 226 g/mol. The van der Waals surface area contributed by atoms with Gasteiger partial charge in [0.05, 0.1) is 0 Å². The molecule has 2 N–H and O–H groups in total. The van der Waals surface area contributed by atoms with Crippen LogP contribution in [-0.4, -0.2) is 16.6 Å². The third kappa shape index (κ3) is 3.33. The van der Waals surface area contributed by atoms with Gasteiger partial charge in [-0.25, -0.2) is 0 Å². The number of carboxylic acids is 1. The van der Waals surface area contributed by atoms with Crippen LogP contribution >= 0.6 is 0 Å². The minimum absolute atomic E-state index is 0.0983. The molecule has 1 rings (SSSR count). The first-order chi connectivity index (χ1) is 8.58. The SMILES string of the molecule is CCC(CC)(CC)NC(C(=O)O)c1ccccc1. The molecule has 1 aromatic rings. The summed E-state index contributed by atoms with van der Waals surface area (Å²) in [7, 11) is 0. The summed E-state index contributed by atoms with van der Waals surface area (Å²) in [5, 5.41) is 12.7. The average molecular weight is 249 g/mol. The standard InChI is InChI=1S/C15H23NO2/c1-4-15(5-2,6-3)16-13(14(17)18)12-10-8-7-9-11-12/h7-11,13,16H,4-6H2,1-3H3,(H,17,18). The Labute approximate surface area is 109 Å². The number of hydrogen-bond donors (Lipinski definition) is 2. The molecule has 1 unspecified atom stereocenters. The molecule has 100 valence electrons. The van der Waals surface area contributed by atoms with E-state index >= 15 is 0 Å². The summed E-state index contributed by atoms with van der Waals surface area (Å²) in [6, 6.07) is 8.73. The molecule has 0 aliphatic heterocycles. The fraction of sp³-hybridized carbons (Fsp3) is 0.533. The van der Waals surface area contributed by atoms with Crippen molar-refractivity contribution in [3.8, 4) is 0 Å². The summed E-state index contributed by atoms with van der Waals surface area (Å²) in [6.45, 7) is 6.30. The van der Waals surface area contributed by atoms with Gasteiger partial charge in [0.25, 0.3) is 0 Å². The lowest BCUT2D eigenvalue weighted by Crippen LogP contribution is -2.47. The van der Waals surface area contributed by atoms with Crippen molar-refractivity contribution in [1.82, 2.24) is 5.32 Å². The molecule has 18 heavy (non-hydrogen) atoms. The van der Waals surface area contributed by atoms with E-state index < -0.39 is 12.0 Å². The van der Waals surface area contributed by atoms with E-state index in [0.29, 0.717) is 0 Å². The Kier molecular flexibility index (Phi) is 5.35. The average Bonchev–Trinajstić information content (AvgIpc) is 2.42. The predicted molar refractivity (Wildman–Crippen MR) is 73.6 cm³/mol. The van der Waals surface area contributed by atoms with Crippen molar-refractivity contribution in [2.75, 3.05) is 0 Å². The van der Waals surface area contributed by atoms with Crippen molar-refractivity contribution in [3.63, 3.8) is 0 Å². The molecule has 0 spiro atoms. The number of rotatable bonds is 7. The highest BCUT2D eigenvalue weighted by Gasteiger charge is 2.31.